The molecule has 0 unspecified atom stereocenters. The highest BCUT2D eigenvalue weighted by atomic mass is 16.6. The van der Waals surface area contributed by atoms with Crippen LogP contribution in [0, 0.1) is 13.8 Å². The van der Waals surface area contributed by atoms with Crippen molar-refractivity contribution in [1.82, 2.24) is 4.98 Å². The second-order valence-corrected chi connectivity index (χ2v) is 4.52. The third kappa shape index (κ3) is 2.79. The number of carbonyl (C=O) groups is 2. The second kappa shape index (κ2) is 5.35. The molecule has 0 radical (unpaired) electrons. The molecule has 0 bridgehead atoms. The molecule has 1 fully saturated rings. The number of aryl methyl sites for hydroxylation is 2. The number of esters is 1. The highest BCUT2D eigenvalue weighted by Gasteiger charge is 2.26. The molecule has 18 heavy (non-hydrogen) atoms. The number of aromatic nitrogens is 1. The predicted molar refractivity (Wildman–Crippen MR) is 64.5 cm³/mol. The van der Waals surface area contributed by atoms with Crippen molar-refractivity contribution in [3.8, 4) is 0 Å². The Labute approximate surface area is 105 Å². The Morgan fingerprint density at radius 3 is 2.83 bits per heavy atom. The molecule has 2 rings (SSSR count). The number of aromatic amines is 1. The van der Waals surface area contributed by atoms with Gasteiger partial charge >= 0.3 is 5.97 Å². The fraction of sp³-hybridized carbons (Fsp3) is 0.538. The van der Waals surface area contributed by atoms with Gasteiger partial charge in [-0.1, -0.05) is 0 Å². The van der Waals surface area contributed by atoms with Crippen LogP contribution in [0.25, 0.3) is 0 Å². The van der Waals surface area contributed by atoms with E-state index in [1.54, 1.807) is 6.07 Å². The number of nitrogens with one attached hydrogen (secondary N) is 1. The zero-order valence-corrected chi connectivity index (χ0v) is 10.6. The molecule has 1 atom stereocenters. The van der Waals surface area contributed by atoms with Gasteiger partial charge in [-0.15, -0.1) is 0 Å². The van der Waals surface area contributed by atoms with E-state index in [0.717, 1.165) is 17.8 Å². The van der Waals surface area contributed by atoms with E-state index in [9.17, 15) is 9.59 Å². The number of rotatable bonds is 4. The Hall–Kier alpha value is -1.62. The zero-order chi connectivity index (χ0) is 13.1. The quantitative estimate of drug-likeness (QED) is 0.651. The number of H-pyrrole nitrogens is 1. The van der Waals surface area contributed by atoms with Crippen molar-refractivity contribution in [2.75, 3.05) is 13.2 Å². The average Bonchev–Trinajstić information content (AvgIpc) is 2.95. The van der Waals surface area contributed by atoms with Crippen molar-refractivity contribution in [2.24, 2.45) is 0 Å². The summed E-state index contributed by atoms with van der Waals surface area (Å²) in [5.41, 5.74) is 2.29. The summed E-state index contributed by atoms with van der Waals surface area (Å²) in [6, 6.07) is 1.76. The SMILES string of the molecule is Cc1cc(C(=O)COC(=O)[C@H]2CCCO2)c(C)[nH]1. The fourth-order valence-corrected chi connectivity index (χ4v) is 2.08. The highest BCUT2D eigenvalue weighted by molar-refractivity contribution is 5.99. The first kappa shape index (κ1) is 12.8. The Kier molecular flexibility index (Phi) is 3.81. The van der Waals surface area contributed by atoms with E-state index in [-0.39, 0.29) is 12.4 Å². The smallest absolute Gasteiger partial charge is 0.335 e. The third-order valence-corrected chi connectivity index (χ3v) is 2.99. The Balaban J connectivity index is 1.88. The summed E-state index contributed by atoms with van der Waals surface area (Å²) in [5.74, 6) is -0.631. The molecule has 1 N–H and O–H groups in total. The minimum Gasteiger partial charge on any atom is -0.455 e. The molecular weight excluding hydrogens is 234 g/mol. The average molecular weight is 251 g/mol. The molecule has 0 saturated carbocycles. The van der Waals surface area contributed by atoms with Crippen molar-refractivity contribution in [1.29, 1.82) is 0 Å². The van der Waals surface area contributed by atoms with Gasteiger partial charge in [0.05, 0.1) is 0 Å². The number of ketones is 1. The van der Waals surface area contributed by atoms with Gasteiger partial charge in [-0.25, -0.2) is 4.79 Å². The lowest BCUT2D eigenvalue weighted by Crippen LogP contribution is -2.25. The third-order valence-electron chi connectivity index (χ3n) is 2.99. The molecule has 1 aromatic heterocycles. The first-order valence-corrected chi connectivity index (χ1v) is 6.05. The Bertz CT molecular complexity index is 458. The molecule has 2 heterocycles. The van der Waals surface area contributed by atoms with Gasteiger partial charge in [-0.05, 0) is 32.8 Å². The molecule has 0 spiro atoms. The maximum Gasteiger partial charge on any atom is 0.335 e. The van der Waals surface area contributed by atoms with Gasteiger partial charge in [0.1, 0.15) is 0 Å². The van der Waals surface area contributed by atoms with Crippen molar-refractivity contribution in [3.63, 3.8) is 0 Å². The van der Waals surface area contributed by atoms with Crippen LogP contribution in [0.3, 0.4) is 0 Å². The molecule has 1 aliphatic rings. The second-order valence-electron chi connectivity index (χ2n) is 4.52. The molecule has 5 nitrogen and oxygen atoms in total. The molecule has 1 aliphatic heterocycles. The van der Waals surface area contributed by atoms with Gasteiger partial charge in [0.25, 0.3) is 0 Å². The largest absolute Gasteiger partial charge is 0.455 e. The Morgan fingerprint density at radius 2 is 2.28 bits per heavy atom. The number of Topliss-reactive ketones (excluding diaryl/α,β-unsaturated/α-hetero) is 1. The monoisotopic (exact) mass is 251 g/mol. The number of carbonyl (C=O) groups excluding carboxylic acids is 2. The van der Waals surface area contributed by atoms with Gasteiger partial charge in [-0.3, -0.25) is 4.79 Å². The van der Waals surface area contributed by atoms with Crippen LogP contribution in [0.1, 0.15) is 34.6 Å². The molecule has 1 aromatic rings. The lowest BCUT2D eigenvalue weighted by atomic mass is 10.1. The predicted octanol–water partition coefficient (Wildman–Crippen LogP) is 1.54. The van der Waals surface area contributed by atoms with Crippen LogP contribution in [0.2, 0.25) is 0 Å². The lowest BCUT2D eigenvalue weighted by molar-refractivity contribution is -0.153. The van der Waals surface area contributed by atoms with Crippen LogP contribution in [0.15, 0.2) is 6.07 Å². The van der Waals surface area contributed by atoms with Crippen molar-refractivity contribution in [2.45, 2.75) is 32.8 Å². The topological polar surface area (TPSA) is 68.4 Å². The minimum atomic E-state index is -0.494. The summed E-state index contributed by atoms with van der Waals surface area (Å²) >= 11 is 0. The zero-order valence-electron chi connectivity index (χ0n) is 10.6. The van der Waals surface area contributed by atoms with Gasteiger partial charge in [0.15, 0.2) is 12.7 Å². The molecule has 0 amide bonds. The van der Waals surface area contributed by atoms with Gasteiger partial charge in [0.2, 0.25) is 5.78 Å². The van der Waals surface area contributed by atoms with Gasteiger partial charge in [-0.2, -0.15) is 0 Å². The van der Waals surface area contributed by atoms with Crippen LogP contribution in [0.4, 0.5) is 0 Å². The van der Waals surface area contributed by atoms with E-state index in [0.29, 0.717) is 18.6 Å². The van der Waals surface area contributed by atoms with Crippen molar-refractivity contribution in [3.05, 3.63) is 23.0 Å². The molecule has 5 heteroatoms. The maximum absolute atomic E-state index is 11.9. The standard InChI is InChI=1S/C13H17NO4/c1-8-6-10(9(2)14-8)11(15)7-18-13(16)12-4-3-5-17-12/h6,12,14H,3-5,7H2,1-2H3/t12-/m1/s1. The van der Waals surface area contributed by atoms with E-state index >= 15 is 0 Å². The first-order valence-electron chi connectivity index (χ1n) is 6.05. The highest BCUT2D eigenvalue weighted by Crippen LogP contribution is 2.14. The van der Waals surface area contributed by atoms with E-state index in [1.807, 2.05) is 13.8 Å². The van der Waals surface area contributed by atoms with Crippen LogP contribution < -0.4 is 0 Å². The molecular formula is C13H17NO4. The summed E-state index contributed by atoms with van der Waals surface area (Å²) in [5, 5.41) is 0. The fourth-order valence-electron chi connectivity index (χ4n) is 2.08. The lowest BCUT2D eigenvalue weighted by Gasteiger charge is -2.08. The molecule has 0 aromatic carbocycles. The summed E-state index contributed by atoms with van der Waals surface area (Å²) in [7, 11) is 0. The maximum atomic E-state index is 11.9. The van der Waals surface area contributed by atoms with Crippen molar-refractivity contribution < 1.29 is 19.1 Å². The summed E-state index contributed by atoms with van der Waals surface area (Å²) in [4.78, 5) is 26.5. The Morgan fingerprint density at radius 1 is 1.50 bits per heavy atom. The normalized spacial score (nSPS) is 18.9. The molecule has 0 aliphatic carbocycles. The first-order chi connectivity index (χ1) is 8.58. The number of ether oxygens (including phenoxy) is 2. The summed E-state index contributed by atoms with van der Waals surface area (Å²) in [6.45, 7) is 4.06. The van der Waals surface area contributed by atoms with E-state index in [4.69, 9.17) is 9.47 Å². The van der Waals surface area contributed by atoms with Gasteiger partial charge < -0.3 is 14.5 Å². The summed E-state index contributed by atoms with van der Waals surface area (Å²) < 4.78 is 10.2. The van der Waals surface area contributed by atoms with E-state index in [2.05, 4.69) is 4.98 Å². The van der Waals surface area contributed by atoms with Crippen LogP contribution in [0.5, 0.6) is 0 Å². The minimum absolute atomic E-state index is 0.191. The van der Waals surface area contributed by atoms with E-state index in [1.165, 1.54) is 0 Å². The number of hydrogen-bond donors (Lipinski definition) is 1. The van der Waals surface area contributed by atoms with Crippen LogP contribution >= 0.6 is 0 Å². The molecule has 98 valence electrons. The van der Waals surface area contributed by atoms with Crippen LogP contribution in [-0.2, 0) is 14.3 Å². The van der Waals surface area contributed by atoms with Gasteiger partial charge in [0, 0.05) is 23.6 Å². The van der Waals surface area contributed by atoms with Crippen LogP contribution in [-0.4, -0.2) is 36.1 Å². The molecule has 1 saturated heterocycles. The van der Waals surface area contributed by atoms with Crippen molar-refractivity contribution >= 4 is 11.8 Å². The number of hydrogen-bond acceptors (Lipinski definition) is 4. The summed E-state index contributed by atoms with van der Waals surface area (Å²) in [6.07, 6.45) is 1.05. The van der Waals surface area contributed by atoms with E-state index < -0.39 is 12.1 Å².